The molecule has 0 bridgehead atoms. The molecule has 0 radical (unpaired) electrons. The highest BCUT2D eigenvalue weighted by molar-refractivity contribution is 6.00. The molecule has 1 aliphatic heterocycles. The van der Waals surface area contributed by atoms with Crippen LogP contribution in [0.25, 0.3) is 0 Å². The number of nitrogens with zero attached hydrogens (tertiary/aromatic N) is 1. The highest BCUT2D eigenvalue weighted by Gasteiger charge is 2.23. The lowest BCUT2D eigenvalue weighted by molar-refractivity contribution is -0.129. The zero-order valence-electron chi connectivity index (χ0n) is 9.76. The Morgan fingerprint density at radius 3 is 2.94 bits per heavy atom. The Hall–Kier alpha value is -1.95. The normalized spacial score (nSPS) is 19.2. The molecule has 96 valence electrons. The van der Waals surface area contributed by atoms with E-state index in [2.05, 4.69) is 10.3 Å². The number of amides is 1. The molecule has 18 heavy (non-hydrogen) atoms. The fraction of sp³-hybridized carbons (Fsp3) is 0.417. The third-order valence-electron chi connectivity index (χ3n) is 2.74. The maximum absolute atomic E-state index is 11.9. The zero-order valence-corrected chi connectivity index (χ0v) is 9.76. The highest BCUT2D eigenvalue weighted by atomic mass is 16.5. The number of nitrogens with one attached hydrogen (secondary N) is 1. The van der Waals surface area contributed by atoms with Crippen LogP contribution in [0.15, 0.2) is 18.3 Å². The molecule has 0 spiro atoms. The third-order valence-corrected chi connectivity index (χ3v) is 2.74. The summed E-state index contributed by atoms with van der Waals surface area (Å²) in [4.78, 5) is 26.5. The van der Waals surface area contributed by atoms with E-state index >= 15 is 0 Å². The van der Waals surface area contributed by atoms with Gasteiger partial charge in [-0.25, -0.2) is 9.78 Å². The molecule has 1 amide bonds. The molecule has 6 heteroatoms. The minimum atomic E-state index is -1.17. The predicted octanol–water partition coefficient (Wildman–Crippen LogP) is 1.29. The molecular weight excluding hydrogens is 236 g/mol. The molecule has 1 aromatic rings. The lowest BCUT2D eigenvalue weighted by atomic mass is 10.1. The molecule has 0 saturated carbocycles. The molecule has 2 N–H and O–H groups in total. The Balaban J connectivity index is 2.08. The van der Waals surface area contributed by atoms with E-state index in [1.807, 2.05) is 0 Å². The average molecular weight is 250 g/mol. The Labute approximate surface area is 104 Å². The number of aromatic nitrogens is 1. The van der Waals surface area contributed by atoms with Gasteiger partial charge in [0.05, 0.1) is 5.69 Å². The van der Waals surface area contributed by atoms with Gasteiger partial charge in [0.2, 0.25) is 0 Å². The summed E-state index contributed by atoms with van der Waals surface area (Å²) in [5.41, 5.74) is 0.0332. The first-order chi connectivity index (χ1) is 8.68. The molecule has 1 saturated heterocycles. The molecule has 0 aromatic carbocycles. The molecule has 2 rings (SSSR count). The van der Waals surface area contributed by atoms with E-state index in [1.165, 1.54) is 12.3 Å². The van der Waals surface area contributed by atoms with Gasteiger partial charge >= 0.3 is 5.97 Å². The van der Waals surface area contributed by atoms with Crippen molar-refractivity contribution in [1.29, 1.82) is 0 Å². The van der Waals surface area contributed by atoms with Gasteiger partial charge in [-0.3, -0.25) is 4.79 Å². The van der Waals surface area contributed by atoms with E-state index in [1.54, 1.807) is 6.07 Å². The van der Waals surface area contributed by atoms with Crippen LogP contribution < -0.4 is 5.32 Å². The molecule has 1 atom stereocenters. The molecular formula is C12H14N2O4. The SMILES string of the molecule is O=C(O)c1ncccc1NC(=O)C1CCCCO1. The molecule has 0 aliphatic carbocycles. The monoisotopic (exact) mass is 250 g/mol. The standard InChI is InChI=1S/C12H14N2O4/c15-11(9-5-1-2-7-18-9)14-8-4-3-6-13-10(8)12(16)17/h3-4,6,9H,1-2,5,7H2,(H,14,15)(H,16,17). The quantitative estimate of drug-likeness (QED) is 0.843. The number of rotatable bonds is 3. The lowest BCUT2D eigenvalue weighted by Gasteiger charge is -2.21. The van der Waals surface area contributed by atoms with Crippen molar-refractivity contribution in [2.45, 2.75) is 25.4 Å². The minimum absolute atomic E-state index is 0.165. The van der Waals surface area contributed by atoms with Crippen molar-refractivity contribution in [2.24, 2.45) is 0 Å². The van der Waals surface area contributed by atoms with Crippen molar-refractivity contribution in [3.8, 4) is 0 Å². The van der Waals surface area contributed by atoms with Crippen molar-refractivity contribution in [1.82, 2.24) is 4.98 Å². The second-order valence-electron chi connectivity index (χ2n) is 4.05. The van der Waals surface area contributed by atoms with Crippen molar-refractivity contribution >= 4 is 17.6 Å². The van der Waals surface area contributed by atoms with E-state index in [0.717, 1.165) is 12.8 Å². The van der Waals surface area contributed by atoms with Crippen LogP contribution in [-0.4, -0.2) is 34.7 Å². The van der Waals surface area contributed by atoms with Crippen molar-refractivity contribution in [3.05, 3.63) is 24.0 Å². The van der Waals surface area contributed by atoms with E-state index in [0.29, 0.717) is 13.0 Å². The molecule has 1 aliphatic rings. The van der Waals surface area contributed by atoms with Crippen LogP contribution in [0.4, 0.5) is 5.69 Å². The highest BCUT2D eigenvalue weighted by Crippen LogP contribution is 2.17. The van der Waals surface area contributed by atoms with Crippen molar-refractivity contribution < 1.29 is 19.4 Å². The number of hydrogen-bond acceptors (Lipinski definition) is 4. The number of anilines is 1. The molecule has 1 fully saturated rings. The Morgan fingerprint density at radius 2 is 2.28 bits per heavy atom. The summed E-state index contributed by atoms with van der Waals surface area (Å²) in [5, 5.41) is 11.5. The first kappa shape index (κ1) is 12.5. The summed E-state index contributed by atoms with van der Waals surface area (Å²) in [6, 6.07) is 3.08. The fourth-order valence-corrected chi connectivity index (χ4v) is 1.84. The minimum Gasteiger partial charge on any atom is -0.476 e. The number of carboxylic acids is 1. The van der Waals surface area contributed by atoms with Gasteiger partial charge in [-0.1, -0.05) is 0 Å². The summed E-state index contributed by atoms with van der Waals surface area (Å²) in [6.07, 6.45) is 3.43. The number of carbonyl (C=O) groups is 2. The predicted molar refractivity (Wildman–Crippen MR) is 63.4 cm³/mol. The second-order valence-corrected chi connectivity index (χ2v) is 4.05. The summed E-state index contributed by atoms with van der Waals surface area (Å²) < 4.78 is 5.33. The number of hydrogen-bond donors (Lipinski definition) is 2. The van der Waals surface area contributed by atoms with Crippen LogP contribution >= 0.6 is 0 Å². The number of aromatic carboxylic acids is 1. The van der Waals surface area contributed by atoms with Crippen molar-refractivity contribution in [2.75, 3.05) is 11.9 Å². The van der Waals surface area contributed by atoms with E-state index in [9.17, 15) is 9.59 Å². The summed E-state index contributed by atoms with van der Waals surface area (Å²) >= 11 is 0. The van der Waals surface area contributed by atoms with Crippen LogP contribution in [0, 0.1) is 0 Å². The van der Waals surface area contributed by atoms with E-state index in [-0.39, 0.29) is 17.3 Å². The van der Waals surface area contributed by atoms with Gasteiger partial charge in [0.25, 0.3) is 5.91 Å². The molecule has 1 unspecified atom stereocenters. The first-order valence-corrected chi connectivity index (χ1v) is 5.79. The van der Waals surface area contributed by atoms with Crippen LogP contribution in [0.1, 0.15) is 29.8 Å². The Bertz CT molecular complexity index is 455. The molecule has 1 aromatic heterocycles. The van der Waals surface area contributed by atoms with Gasteiger partial charge in [0.15, 0.2) is 5.69 Å². The maximum Gasteiger partial charge on any atom is 0.356 e. The van der Waals surface area contributed by atoms with Gasteiger partial charge in [-0.15, -0.1) is 0 Å². The zero-order chi connectivity index (χ0) is 13.0. The topological polar surface area (TPSA) is 88.5 Å². The number of pyridine rings is 1. The summed E-state index contributed by atoms with van der Waals surface area (Å²) in [6.45, 7) is 0.566. The third kappa shape index (κ3) is 2.84. The largest absolute Gasteiger partial charge is 0.476 e. The van der Waals surface area contributed by atoms with Crippen LogP contribution in [0.2, 0.25) is 0 Å². The van der Waals surface area contributed by atoms with Crippen molar-refractivity contribution in [3.63, 3.8) is 0 Å². The van der Waals surface area contributed by atoms with Crippen LogP contribution in [0.3, 0.4) is 0 Å². The molecule has 2 heterocycles. The fourth-order valence-electron chi connectivity index (χ4n) is 1.84. The average Bonchev–Trinajstić information content (AvgIpc) is 2.40. The number of carboxylic acid groups (broad SMARTS) is 1. The number of carbonyl (C=O) groups excluding carboxylic acids is 1. The second kappa shape index (κ2) is 5.59. The van der Waals surface area contributed by atoms with Gasteiger partial charge in [-0.05, 0) is 31.4 Å². The van der Waals surface area contributed by atoms with Crippen LogP contribution in [-0.2, 0) is 9.53 Å². The van der Waals surface area contributed by atoms with Gasteiger partial charge in [0, 0.05) is 12.8 Å². The molecule has 6 nitrogen and oxygen atoms in total. The van der Waals surface area contributed by atoms with Crippen LogP contribution in [0.5, 0.6) is 0 Å². The first-order valence-electron chi connectivity index (χ1n) is 5.79. The smallest absolute Gasteiger partial charge is 0.356 e. The van der Waals surface area contributed by atoms with Gasteiger partial charge < -0.3 is 15.2 Å². The summed E-state index contributed by atoms with van der Waals surface area (Å²) in [7, 11) is 0. The van der Waals surface area contributed by atoms with Gasteiger partial charge in [-0.2, -0.15) is 0 Å². The van der Waals surface area contributed by atoms with E-state index in [4.69, 9.17) is 9.84 Å². The summed E-state index contributed by atoms with van der Waals surface area (Å²) in [5.74, 6) is -1.49. The number of ether oxygens (including phenoxy) is 1. The Morgan fingerprint density at radius 1 is 1.44 bits per heavy atom. The van der Waals surface area contributed by atoms with Gasteiger partial charge in [0.1, 0.15) is 6.10 Å². The maximum atomic E-state index is 11.9. The van der Waals surface area contributed by atoms with E-state index < -0.39 is 12.1 Å². The lowest BCUT2D eigenvalue weighted by Crippen LogP contribution is -2.33. The Kier molecular flexibility index (Phi) is 3.88.